The van der Waals surface area contributed by atoms with Crippen molar-refractivity contribution >= 4 is 11.5 Å². The van der Waals surface area contributed by atoms with E-state index in [9.17, 15) is 9.90 Å². The molecule has 136 valence electrons. The maximum Gasteiger partial charge on any atom is 0.181 e. The van der Waals surface area contributed by atoms with E-state index in [0.717, 1.165) is 16.7 Å². The summed E-state index contributed by atoms with van der Waals surface area (Å²) in [5.74, 6) is 0.369. The number of rotatable bonds is 4. The van der Waals surface area contributed by atoms with Gasteiger partial charge in [0.1, 0.15) is 11.4 Å². The number of nitrogens with one attached hydrogen (secondary N) is 1. The Morgan fingerprint density at radius 3 is 2.00 bits per heavy atom. The largest absolute Gasteiger partial charge is 0.507 e. The van der Waals surface area contributed by atoms with Crippen LogP contribution in [0.4, 0.5) is 5.69 Å². The van der Waals surface area contributed by atoms with Crippen LogP contribution in [0.3, 0.4) is 0 Å². The van der Waals surface area contributed by atoms with Gasteiger partial charge in [0.2, 0.25) is 0 Å². The molecular formula is C21H30N2O2. The molecule has 0 unspecified atom stereocenters. The number of benzene rings is 1. The van der Waals surface area contributed by atoms with Gasteiger partial charge in [-0.3, -0.25) is 4.79 Å². The smallest absolute Gasteiger partial charge is 0.181 e. The van der Waals surface area contributed by atoms with E-state index in [1.165, 1.54) is 0 Å². The molecule has 1 aromatic heterocycles. The number of ketones is 1. The van der Waals surface area contributed by atoms with Crippen LogP contribution in [-0.4, -0.2) is 15.9 Å². The zero-order valence-corrected chi connectivity index (χ0v) is 16.2. The second kappa shape index (κ2) is 6.58. The Kier molecular flexibility index (Phi) is 5.03. The molecule has 0 fully saturated rings. The Labute approximate surface area is 150 Å². The number of aromatic amines is 1. The number of aromatic hydroxyl groups is 1. The van der Waals surface area contributed by atoms with Crippen molar-refractivity contribution in [1.29, 1.82) is 0 Å². The first-order valence-corrected chi connectivity index (χ1v) is 8.74. The predicted octanol–water partition coefficient (Wildman–Crippen LogP) is 4.71. The predicted molar refractivity (Wildman–Crippen MR) is 103 cm³/mol. The number of carbonyl (C=O) groups excluding carboxylic acids is 1. The van der Waals surface area contributed by atoms with Crippen LogP contribution in [0.15, 0.2) is 24.4 Å². The first-order chi connectivity index (χ1) is 11.4. The summed E-state index contributed by atoms with van der Waals surface area (Å²) in [5, 5.41) is 10.8. The number of aromatic nitrogens is 1. The van der Waals surface area contributed by atoms with Gasteiger partial charge >= 0.3 is 0 Å². The minimum Gasteiger partial charge on any atom is -0.507 e. The van der Waals surface area contributed by atoms with Gasteiger partial charge < -0.3 is 15.8 Å². The quantitative estimate of drug-likeness (QED) is 0.704. The molecule has 25 heavy (non-hydrogen) atoms. The summed E-state index contributed by atoms with van der Waals surface area (Å²) in [6.07, 6.45) is 2.67. The molecule has 4 nitrogen and oxygen atoms in total. The molecule has 4 N–H and O–H groups in total. The van der Waals surface area contributed by atoms with Crippen LogP contribution in [-0.2, 0) is 17.3 Å². The van der Waals surface area contributed by atoms with E-state index < -0.39 is 0 Å². The lowest BCUT2D eigenvalue weighted by Gasteiger charge is -2.28. The number of phenols is 1. The van der Waals surface area contributed by atoms with Crippen molar-refractivity contribution in [3.8, 4) is 5.75 Å². The number of nitrogens with two attached hydrogens (primary N) is 1. The molecule has 0 spiro atoms. The van der Waals surface area contributed by atoms with Crippen LogP contribution >= 0.6 is 0 Å². The highest BCUT2D eigenvalue weighted by Crippen LogP contribution is 2.40. The third kappa shape index (κ3) is 4.25. The number of anilines is 1. The lowest BCUT2D eigenvalue weighted by molar-refractivity contribution is 0.0979. The second-order valence-electron chi connectivity index (χ2n) is 8.77. The molecule has 0 radical (unpaired) electrons. The van der Waals surface area contributed by atoms with Gasteiger partial charge in [-0.2, -0.15) is 0 Å². The van der Waals surface area contributed by atoms with Crippen molar-refractivity contribution in [2.75, 3.05) is 5.73 Å². The zero-order valence-electron chi connectivity index (χ0n) is 16.2. The maximum absolute atomic E-state index is 12.4. The van der Waals surface area contributed by atoms with Crippen molar-refractivity contribution in [1.82, 2.24) is 4.98 Å². The highest BCUT2D eigenvalue weighted by molar-refractivity contribution is 5.99. The van der Waals surface area contributed by atoms with Crippen LogP contribution in [0.25, 0.3) is 0 Å². The molecule has 2 rings (SSSR count). The summed E-state index contributed by atoms with van der Waals surface area (Å²) in [6, 6.07) is 5.75. The topological polar surface area (TPSA) is 79.1 Å². The fourth-order valence-electron chi connectivity index (χ4n) is 2.99. The molecule has 0 bridgehead atoms. The van der Waals surface area contributed by atoms with Crippen molar-refractivity contribution < 1.29 is 9.90 Å². The number of carbonyl (C=O) groups is 1. The van der Waals surface area contributed by atoms with E-state index in [-0.39, 0.29) is 16.6 Å². The van der Waals surface area contributed by atoms with Gasteiger partial charge in [0.15, 0.2) is 5.78 Å². The SMILES string of the molecule is CC(C)(C)c1cc(CCC(=O)c2[nH]ccc2N)cc(C(C)(C)C)c1O. The van der Waals surface area contributed by atoms with Gasteiger partial charge in [0, 0.05) is 12.6 Å². The number of H-pyrrole nitrogens is 1. The molecule has 0 atom stereocenters. The van der Waals surface area contributed by atoms with Gasteiger partial charge in [0.05, 0.1) is 5.69 Å². The van der Waals surface area contributed by atoms with E-state index in [0.29, 0.717) is 30.0 Å². The highest BCUT2D eigenvalue weighted by atomic mass is 16.3. The number of aryl methyl sites for hydroxylation is 1. The average Bonchev–Trinajstić information content (AvgIpc) is 2.89. The first-order valence-electron chi connectivity index (χ1n) is 8.74. The molecular weight excluding hydrogens is 312 g/mol. The van der Waals surface area contributed by atoms with Crippen LogP contribution < -0.4 is 5.73 Å². The van der Waals surface area contributed by atoms with Crippen molar-refractivity contribution in [3.63, 3.8) is 0 Å². The summed E-state index contributed by atoms with van der Waals surface area (Å²) >= 11 is 0. The van der Waals surface area contributed by atoms with E-state index in [1.807, 2.05) is 12.1 Å². The number of hydrogen-bond donors (Lipinski definition) is 3. The standard InChI is InChI=1S/C21H30N2O2/c1-20(2,3)14-11-13(12-15(19(14)25)21(4,5)6)7-8-17(24)18-16(22)9-10-23-18/h9-12,23,25H,7-8,22H2,1-6H3. The second-order valence-corrected chi connectivity index (χ2v) is 8.77. The van der Waals surface area contributed by atoms with Crippen molar-refractivity contribution in [3.05, 3.63) is 46.8 Å². The highest BCUT2D eigenvalue weighted by Gasteiger charge is 2.26. The number of phenolic OH excluding ortho intramolecular Hbond substituents is 1. The fraction of sp³-hybridized carbons (Fsp3) is 0.476. The maximum atomic E-state index is 12.4. The van der Waals surface area contributed by atoms with Gasteiger partial charge in [-0.15, -0.1) is 0 Å². The van der Waals surface area contributed by atoms with Crippen LogP contribution in [0.1, 0.15) is 75.1 Å². The Hall–Kier alpha value is -2.23. The van der Waals surface area contributed by atoms with E-state index >= 15 is 0 Å². The summed E-state index contributed by atoms with van der Waals surface area (Å²) in [6.45, 7) is 12.5. The van der Waals surface area contributed by atoms with E-state index in [2.05, 4.69) is 46.5 Å². The van der Waals surface area contributed by atoms with Crippen LogP contribution in [0, 0.1) is 0 Å². The van der Waals surface area contributed by atoms with Crippen LogP contribution in [0.2, 0.25) is 0 Å². The molecule has 0 aliphatic rings. The Balaban J connectivity index is 2.35. The van der Waals surface area contributed by atoms with Crippen LogP contribution in [0.5, 0.6) is 5.75 Å². The molecule has 2 aromatic rings. The minimum atomic E-state index is -0.173. The van der Waals surface area contributed by atoms with Gasteiger partial charge in [0.25, 0.3) is 0 Å². The molecule has 1 heterocycles. The number of Topliss-reactive ketones (excluding diaryl/α,β-unsaturated/α-hetero) is 1. The lowest BCUT2D eigenvalue weighted by atomic mass is 9.78. The van der Waals surface area contributed by atoms with E-state index in [4.69, 9.17) is 5.73 Å². The molecule has 0 saturated heterocycles. The minimum absolute atomic E-state index is 0.00481. The number of hydrogen-bond acceptors (Lipinski definition) is 3. The zero-order chi connectivity index (χ0) is 19.0. The third-order valence-corrected chi connectivity index (χ3v) is 4.48. The summed E-state index contributed by atoms with van der Waals surface area (Å²) in [5.41, 5.74) is 9.33. The summed E-state index contributed by atoms with van der Waals surface area (Å²) in [7, 11) is 0. The first kappa shape index (κ1) is 19.1. The third-order valence-electron chi connectivity index (χ3n) is 4.48. The van der Waals surface area contributed by atoms with Gasteiger partial charge in [-0.25, -0.2) is 0 Å². The monoisotopic (exact) mass is 342 g/mol. The van der Waals surface area contributed by atoms with Gasteiger partial charge in [-0.1, -0.05) is 53.7 Å². The Morgan fingerprint density at radius 2 is 1.60 bits per heavy atom. The average molecular weight is 342 g/mol. The number of nitrogen functional groups attached to an aromatic ring is 1. The molecule has 0 saturated carbocycles. The fourth-order valence-corrected chi connectivity index (χ4v) is 2.99. The molecule has 0 aliphatic carbocycles. The molecule has 1 aromatic carbocycles. The molecule has 0 amide bonds. The summed E-state index contributed by atoms with van der Waals surface area (Å²) in [4.78, 5) is 15.3. The Bertz CT molecular complexity index is 739. The van der Waals surface area contributed by atoms with Crippen molar-refractivity contribution in [2.45, 2.75) is 65.2 Å². The molecule has 4 heteroatoms. The lowest BCUT2D eigenvalue weighted by Crippen LogP contribution is -2.18. The van der Waals surface area contributed by atoms with Gasteiger partial charge in [-0.05, 0) is 40.0 Å². The molecule has 0 aliphatic heterocycles. The normalized spacial score (nSPS) is 12.4. The van der Waals surface area contributed by atoms with E-state index in [1.54, 1.807) is 12.3 Å². The summed E-state index contributed by atoms with van der Waals surface area (Å²) < 4.78 is 0. The van der Waals surface area contributed by atoms with Crippen molar-refractivity contribution in [2.24, 2.45) is 0 Å². The Morgan fingerprint density at radius 1 is 1.08 bits per heavy atom.